The molecule has 0 aliphatic carbocycles. The van der Waals surface area contributed by atoms with E-state index in [1.165, 1.54) is 0 Å². The van der Waals surface area contributed by atoms with Crippen molar-refractivity contribution in [1.29, 1.82) is 0 Å². The van der Waals surface area contributed by atoms with Gasteiger partial charge in [-0.15, -0.1) is 10.1 Å². The van der Waals surface area contributed by atoms with Gasteiger partial charge in [-0.1, -0.05) is 0 Å². The van der Waals surface area contributed by atoms with Gasteiger partial charge in [0, 0.05) is 6.92 Å². The minimum atomic E-state index is -0.933. The Morgan fingerprint density at radius 3 is 2.46 bits per heavy atom. The Kier molecular flexibility index (Phi) is 5.87. The standard InChI is InChI=1S/C12H16N2O10/c1-6(15)20-5-9(16)13-2-10(17)23-7-3-21-12-8(24-14(18)19)4-22-11(7)12/h7-8,11-12H,2-5H2,1H3,(H,13,16)/t7-,8+,11+,12+/m0/s1. The summed E-state index contributed by atoms with van der Waals surface area (Å²) < 4.78 is 20.2. The molecule has 0 unspecified atom stereocenters. The van der Waals surface area contributed by atoms with Crippen molar-refractivity contribution in [2.75, 3.05) is 26.4 Å². The highest BCUT2D eigenvalue weighted by atomic mass is 17.0. The van der Waals surface area contributed by atoms with Gasteiger partial charge >= 0.3 is 11.9 Å². The summed E-state index contributed by atoms with van der Waals surface area (Å²) in [4.78, 5) is 48.3. The smallest absolute Gasteiger partial charge is 0.325 e. The third kappa shape index (κ3) is 4.76. The summed E-state index contributed by atoms with van der Waals surface area (Å²) >= 11 is 0. The van der Waals surface area contributed by atoms with Crippen molar-refractivity contribution in [2.45, 2.75) is 31.3 Å². The molecule has 24 heavy (non-hydrogen) atoms. The van der Waals surface area contributed by atoms with Gasteiger partial charge in [0.05, 0.1) is 13.2 Å². The molecule has 2 heterocycles. The Hall–Kier alpha value is -2.47. The van der Waals surface area contributed by atoms with Gasteiger partial charge in [0.25, 0.3) is 11.0 Å². The monoisotopic (exact) mass is 348 g/mol. The van der Waals surface area contributed by atoms with E-state index in [-0.39, 0.29) is 13.2 Å². The predicted molar refractivity (Wildman–Crippen MR) is 70.9 cm³/mol. The van der Waals surface area contributed by atoms with Gasteiger partial charge in [0.15, 0.2) is 18.8 Å². The van der Waals surface area contributed by atoms with Crippen LogP contribution in [-0.4, -0.2) is 73.7 Å². The Morgan fingerprint density at radius 2 is 1.83 bits per heavy atom. The van der Waals surface area contributed by atoms with Crippen LogP contribution in [0, 0.1) is 10.1 Å². The van der Waals surface area contributed by atoms with Crippen molar-refractivity contribution in [3.8, 4) is 0 Å². The summed E-state index contributed by atoms with van der Waals surface area (Å²) in [7, 11) is 0. The largest absolute Gasteiger partial charge is 0.456 e. The van der Waals surface area contributed by atoms with Gasteiger partial charge in [0.1, 0.15) is 18.8 Å². The number of nitrogens with one attached hydrogen (secondary N) is 1. The lowest BCUT2D eigenvalue weighted by Crippen LogP contribution is -2.39. The number of fused-ring (bicyclic) bond motifs is 1. The molecule has 12 nitrogen and oxygen atoms in total. The topological polar surface area (TPSA) is 153 Å². The Balaban J connectivity index is 1.72. The zero-order valence-electron chi connectivity index (χ0n) is 12.7. The van der Waals surface area contributed by atoms with E-state index < -0.39 is 60.5 Å². The number of ether oxygens (including phenoxy) is 4. The molecule has 12 heteroatoms. The highest BCUT2D eigenvalue weighted by Gasteiger charge is 2.51. The van der Waals surface area contributed by atoms with Crippen molar-refractivity contribution >= 4 is 17.8 Å². The summed E-state index contributed by atoms with van der Waals surface area (Å²) in [5.41, 5.74) is 0. The summed E-state index contributed by atoms with van der Waals surface area (Å²) in [5, 5.41) is 11.7. The van der Waals surface area contributed by atoms with Crippen molar-refractivity contribution in [1.82, 2.24) is 5.32 Å². The van der Waals surface area contributed by atoms with Gasteiger partial charge < -0.3 is 29.1 Å². The fraction of sp³-hybridized carbons (Fsp3) is 0.750. The van der Waals surface area contributed by atoms with Gasteiger partial charge in [-0.3, -0.25) is 14.4 Å². The van der Waals surface area contributed by atoms with Crippen LogP contribution in [0.1, 0.15) is 6.92 Å². The van der Waals surface area contributed by atoms with E-state index in [0.717, 1.165) is 6.92 Å². The molecule has 0 spiro atoms. The van der Waals surface area contributed by atoms with Crippen LogP contribution in [0.5, 0.6) is 0 Å². The number of nitrogens with zero attached hydrogens (tertiary/aromatic N) is 1. The van der Waals surface area contributed by atoms with Crippen LogP contribution < -0.4 is 5.32 Å². The second kappa shape index (κ2) is 7.88. The highest BCUT2D eigenvalue weighted by molar-refractivity contribution is 5.84. The third-order valence-electron chi connectivity index (χ3n) is 3.30. The van der Waals surface area contributed by atoms with Crippen LogP contribution in [0.25, 0.3) is 0 Å². The zero-order valence-corrected chi connectivity index (χ0v) is 12.7. The normalized spacial score (nSPS) is 27.9. The first-order valence-electron chi connectivity index (χ1n) is 7.00. The first kappa shape index (κ1) is 17.9. The molecule has 0 aromatic rings. The Morgan fingerprint density at radius 1 is 1.21 bits per heavy atom. The molecule has 0 bridgehead atoms. The van der Waals surface area contributed by atoms with E-state index in [1.807, 2.05) is 0 Å². The van der Waals surface area contributed by atoms with Gasteiger partial charge in [-0.25, -0.2) is 0 Å². The molecule has 0 aromatic heterocycles. The minimum absolute atomic E-state index is 0.0000414. The molecule has 134 valence electrons. The van der Waals surface area contributed by atoms with Gasteiger partial charge in [-0.05, 0) is 0 Å². The number of carbonyl (C=O) groups is 3. The SMILES string of the molecule is CC(=O)OCC(=O)NCC(=O)O[C@H]1CO[C@H]2[C@@H]1OC[C@H]2O[N+](=O)[O-]. The fourth-order valence-corrected chi connectivity index (χ4v) is 2.33. The maximum Gasteiger partial charge on any atom is 0.325 e. The van der Waals surface area contributed by atoms with Crippen molar-refractivity contribution in [3.63, 3.8) is 0 Å². The highest BCUT2D eigenvalue weighted by Crippen LogP contribution is 2.30. The molecule has 2 rings (SSSR count). The fourth-order valence-electron chi connectivity index (χ4n) is 2.33. The molecule has 1 N–H and O–H groups in total. The van der Waals surface area contributed by atoms with Crippen molar-refractivity contribution in [3.05, 3.63) is 10.1 Å². The van der Waals surface area contributed by atoms with E-state index in [2.05, 4.69) is 14.9 Å². The van der Waals surface area contributed by atoms with Crippen molar-refractivity contribution in [2.24, 2.45) is 0 Å². The molecule has 2 aliphatic heterocycles. The predicted octanol–water partition coefficient (Wildman–Crippen LogP) is -2.05. The average Bonchev–Trinajstić information content (AvgIpc) is 3.07. The second-order valence-corrected chi connectivity index (χ2v) is 5.05. The number of esters is 2. The number of hydrogen-bond acceptors (Lipinski definition) is 10. The summed E-state index contributed by atoms with van der Waals surface area (Å²) in [6.07, 6.45) is -3.01. The number of carbonyl (C=O) groups excluding carboxylic acids is 3. The first-order chi connectivity index (χ1) is 11.4. The second-order valence-electron chi connectivity index (χ2n) is 5.05. The molecule has 2 aliphatic rings. The molecule has 4 atom stereocenters. The number of amides is 1. The van der Waals surface area contributed by atoms with Crippen LogP contribution in [-0.2, 0) is 38.2 Å². The quantitative estimate of drug-likeness (QED) is 0.309. The molecule has 0 radical (unpaired) electrons. The lowest BCUT2D eigenvalue weighted by molar-refractivity contribution is -0.769. The van der Waals surface area contributed by atoms with E-state index in [4.69, 9.17) is 14.2 Å². The zero-order chi connectivity index (χ0) is 17.7. The lowest BCUT2D eigenvalue weighted by Gasteiger charge is -2.16. The summed E-state index contributed by atoms with van der Waals surface area (Å²) in [6, 6.07) is 0. The molecule has 1 amide bonds. The van der Waals surface area contributed by atoms with Crippen molar-refractivity contribution < 1.29 is 43.3 Å². The maximum absolute atomic E-state index is 11.7. The Bertz CT molecular complexity index is 524. The van der Waals surface area contributed by atoms with Gasteiger partial charge in [0.2, 0.25) is 0 Å². The van der Waals surface area contributed by atoms with E-state index in [0.29, 0.717) is 0 Å². The lowest BCUT2D eigenvalue weighted by atomic mass is 10.1. The minimum Gasteiger partial charge on any atom is -0.456 e. The van der Waals surface area contributed by atoms with Crippen LogP contribution in [0.4, 0.5) is 0 Å². The van der Waals surface area contributed by atoms with E-state index in [9.17, 15) is 24.5 Å². The van der Waals surface area contributed by atoms with Crippen LogP contribution in [0.2, 0.25) is 0 Å². The molecule has 0 aromatic carbocycles. The summed E-state index contributed by atoms with van der Waals surface area (Å²) in [5.74, 6) is -2.02. The number of hydrogen-bond donors (Lipinski definition) is 1. The maximum atomic E-state index is 11.7. The van der Waals surface area contributed by atoms with E-state index in [1.54, 1.807) is 0 Å². The van der Waals surface area contributed by atoms with Gasteiger partial charge in [-0.2, -0.15) is 0 Å². The third-order valence-corrected chi connectivity index (χ3v) is 3.30. The van der Waals surface area contributed by atoms with Crippen LogP contribution in [0.3, 0.4) is 0 Å². The van der Waals surface area contributed by atoms with E-state index >= 15 is 0 Å². The molecule has 2 fully saturated rings. The molecular weight excluding hydrogens is 332 g/mol. The molecule has 0 saturated carbocycles. The Labute approximate surface area is 135 Å². The number of rotatable bonds is 7. The summed E-state index contributed by atoms with van der Waals surface area (Å²) in [6.45, 7) is 0.171. The first-order valence-corrected chi connectivity index (χ1v) is 7.00. The molecular formula is C12H16N2O10. The van der Waals surface area contributed by atoms with Crippen LogP contribution >= 0.6 is 0 Å². The molecule has 2 saturated heterocycles. The van der Waals surface area contributed by atoms with Crippen LogP contribution in [0.15, 0.2) is 0 Å². The average molecular weight is 348 g/mol.